The summed E-state index contributed by atoms with van der Waals surface area (Å²) in [6.45, 7) is 8.54. The maximum absolute atomic E-state index is 13.6. The Bertz CT molecular complexity index is 1470. The predicted molar refractivity (Wildman–Crippen MR) is 140 cm³/mol. The van der Waals surface area contributed by atoms with E-state index in [2.05, 4.69) is 57.3 Å². The minimum Gasteiger partial charge on any atom is -0.220 e. The first-order valence-electron chi connectivity index (χ1n) is 11.7. The summed E-state index contributed by atoms with van der Waals surface area (Å²) < 4.78 is 15.6. The Morgan fingerprint density at radius 3 is 2.41 bits per heavy atom. The number of benzene rings is 3. The van der Waals surface area contributed by atoms with Gasteiger partial charge >= 0.3 is 0 Å². The van der Waals surface area contributed by atoms with Gasteiger partial charge in [-0.2, -0.15) is 5.10 Å². The molecular weight excluding hydrogens is 441 g/mol. The quantitative estimate of drug-likeness (QED) is 0.299. The monoisotopic (exact) mass is 469 g/mol. The summed E-state index contributed by atoms with van der Waals surface area (Å²) in [6, 6.07) is 17.3. The maximum Gasteiger partial charge on any atom is 0.211 e. The topological polar surface area (TPSA) is 29.6 Å². The molecule has 3 aromatic carbocycles. The van der Waals surface area contributed by atoms with Crippen LogP contribution in [0.5, 0.6) is 0 Å². The van der Waals surface area contributed by atoms with E-state index in [1.54, 1.807) is 23.5 Å². The number of aromatic nitrogens is 1. The number of aryl methyl sites for hydroxylation is 4. The van der Waals surface area contributed by atoms with E-state index in [4.69, 9.17) is 10.1 Å². The zero-order valence-corrected chi connectivity index (χ0v) is 20.8. The van der Waals surface area contributed by atoms with Gasteiger partial charge in [-0.3, -0.25) is 0 Å². The van der Waals surface area contributed by atoms with E-state index in [1.807, 2.05) is 10.7 Å². The van der Waals surface area contributed by atoms with Crippen LogP contribution in [0.2, 0.25) is 0 Å². The summed E-state index contributed by atoms with van der Waals surface area (Å²) in [4.78, 5) is 5.76. The van der Waals surface area contributed by atoms with E-state index in [-0.39, 0.29) is 5.82 Å². The predicted octanol–water partition coefficient (Wildman–Crippen LogP) is 7.41. The van der Waals surface area contributed by atoms with Gasteiger partial charge < -0.3 is 0 Å². The molecule has 0 atom stereocenters. The highest BCUT2D eigenvalue weighted by atomic mass is 32.1. The third kappa shape index (κ3) is 4.40. The van der Waals surface area contributed by atoms with E-state index >= 15 is 0 Å². The number of fused-ring (bicyclic) bond motifs is 1. The first-order chi connectivity index (χ1) is 16.4. The first-order valence-corrected chi connectivity index (χ1v) is 12.5. The molecule has 5 heteroatoms. The molecule has 0 unspecified atom stereocenters. The van der Waals surface area contributed by atoms with E-state index < -0.39 is 0 Å². The molecule has 172 valence electrons. The minimum atomic E-state index is -0.246. The number of halogens is 1. The van der Waals surface area contributed by atoms with Crippen LogP contribution in [0.25, 0.3) is 11.3 Å². The summed E-state index contributed by atoms with van der Waals surface area (Å²) in [7, 11) is 0. The van der Waals surface area contributed by atoms with Gasteiger partial charge in [0, 0.05) is 16.5 Å². The molecule has 0 saturated heterocycles. The van der Waals surface area contributed by atoms with Crippen molar-refractivity contribution < 1.29 is 4.39 Å². The van der Waals surface area contributed by atoms with Gasteiger partial charge in [0.25, 0.3) is 0 Å². The molecule has 0 radical (unpaired) electrons. The molecule has 1 aliphatic rings. The standard InChI is InChI=1S/C29H28FN3S/c1-18-14-21(4)25-6-5-7-27(26(25)15-18)32-33-28(22-9-11-23(30)12-10-22)17-34-29(33)31-24-13-8-19(2)20(3)16-24/h8-17H,5-7H2,1-4H3. The van der Waals surface area contributed by atoms with Crippen LogP contribution in [0.15, 0.2) is 70.1 Å². The lowest BCUT2D eigenvalue weighted by atomic mass is 9.86. The van der Waals surface area contributed by atoms with E-state index in [9.17, 15) is 4.39 Å². The van der Waals surface area contributed by atoms with E-state index in [0.29, 0.717) is 0 Å². The second kappa shape index (κ2) is 9.15. The average Bonchev–Trinajstić information content (AvgIpc) is 3.19. The number of hydrogen-bond acceptors (Lipinski definition) is 3. The van der Waals surface area contributed by atoms with Crippen LogP contribution in [0, 0.1) is 33.5 Å². The van der Waals surface area contributed by atoms with Crippen molar-refractivity contribution in [3.8, 4) is 11.3 Å². The zero-order valence-electron chi connectivity index (χ0n) is 20.0. The highest BCUT2D eigenvalue weighted by molar-refractivity contribution is 7.07. The summed E-state index contributed by atoms with van der Waals surface area (Å²) in [5.74, 6) is -0.246. The zero-order chi connectivity index (χ0) is 23.8. The van der Waals surface area contributed by atoms with Gasteiger partial charge in [-0.25, -0.2) is 14.1 Å². The second-order valence-corrected chi connectivity index (χ2v) is 9.95. The van der Waals surface area contributed by atoms with Crippen molar-refractivity contribution in [1.82, 2.24) is 4.68 Å². The van der Waals surface area contributed by atoms with Crippen LogP contribution >= 0.6 is 11.3 Å². The summed E-state index contributed by atoms with van der Waals surface area (Å²) in [5, 5.41) is 7.25. The third-order valence-corrected chi connectivity index (χ3v) is 7.35. The van der Waals surface area contributed by atoms with Gasteiger partial charge in [0.05, 0.1) is 17.1 Å². The van der Waals surface area contributed by atoms with Crippen LogP contribution in [0.1, 0.15) is 46.2 Å². The number of thiazole rings is 1. The number of rotatable bonds is 3. The normalized spacial score (nSPS) is 15.1. The molecule has 1 aromatic heterocycles. The fourth-order valence-electron chi connectivity index (χ4n) is 4.58. The van der Waals surface area contributed by atoms with Gasteiger partial charge in [-0.15, -0.1) is 11.3 Å². The Labute approximate surface area is 204 Å². The number of nitrogens with zero attached hydrogens (tertiary/aromatic N) is 3. The summed E-state index contributed by atoms with van der Waals surface area (Å²) in [5.41, 5.74) is 11.5. The molecule has 3 nitrogen and oxygen atoms in total. The Morgan fingerprint density at radius 1 is 0.853 bits per heavy atom. The van der Waals surface area contributed by atoms with Crippen LogP contribution in [-0.4, -0.2) is 10.4 Å². The molecule has 1 heterocycles. The van der Waals surface area contributed by atoms with Crippen molar-refractivity contribution in [3.63, 3.8) is 0 Å². The molecule has 0 bridgehead atoms. The number of hydrogen-bond donors (Lipinski definition) is 0. The Morgan fingerprint density at radius 2 is 1.65 bits per heavy atom. The van der Waals surface area contributed by atoms with Crippen LogP contribution < -0.4 is 4.80 Å². The van der Waals surface area contributed by atoms with Crippen LogP contribution in [-0.2, 0) is 6.42 Å². The molecule has 5 rings (SSSR count). The SMILES string of the molecule is Cc1cc(C)c2c(c1)C(=Nn1c(-c3ccc(F)cc3)csc1=Nc1ccc(C)c(C)c1)CCC2. The van der Waals surface area contributed by atoms with Crippen molar-refractivity contribution in [3.05, 3.63) is 104 Å². The smallest absolute Gasteiger partial charge is 0.211 e. The lowest BCUT2D eigenvalue weighted by Gasteiger charge is -2.21. The molecule has 0 amide bonds. The lowest BCUT2D eigenvalue weighted by Crippen LogP contribution is -2.19. The molecule has 4 aromatic rings. The first kappa shape index (κ1) is 22.5. The van der Waals surface area contributed by atoms with Crippen molar-refractivity contribution >= 4 is 22.7 Å². The molecule has 34 heavy (non-hydrogen) atoms. The fraction of sp³-hybridized carbons (Fsp3) is 0.241. The van der Waals surface area contributed by atoms with Crippen molar-refractivity contribution in [2.45, 2.75) is 47.0 Å². The Balaban J connectivity index is 1.72. The summed E-state index contributed by atoms with van der Waals surface area (Å²) in [6.07, 6.45) is 3.08. The summed E-state index contributed by atoms with van der Waals surface area (Å²) >= 11 is 1.55. The maximum atomic E-state index is 13.6. The highest BCUT2D eigenvalue weighted by Gasteiger charge is 2.19. The van der Waals surface area contributed by atoms with E-state index in [1.165, 1.54) is 45.5 Å². The molecule has 1 aliphatic carbocycles. The molecule has 0 N–H and O–H groups in total. The van der Waals surface area contributed by atoms with E-state index in [0.717, 1.165) is 46.7 Å². The molecule has 0 aliphatic heterocycles. The fourth-order valence-corrected chi connectivity index (χ4v) is 5.43. The van der Waals surface area contributed by atoms with Crippen LogP contribution in [0.4, 0.5) is 10.1 Å². The molecule has 0 saturated carbocycles. The highest BCUT2D eigenvalue weighted by Crippen LogP contribution is 2.28. The Kier molecular flexibility index (Phi) is 6.05. The molecule has 0 spiro atoms. The van der Waals surface area contributed by atoms with Gasteiger partial charge in [0.15, 0.2) is 0 Å². The molecule has 0 fully saturated rings. The third-order valence-electron chi connectivity index (χ3n) is 6.53. The minimum absolute atomic E-state index is 0.246. The van der Waals surface area contributed by atoms with Crippen molar-refractivity contribution in [1.29, 1.82) is 0 Å². The second-order valence-electron chi connectivity index (χ2n) is 9.11. The van der Waals surface area contributed by atoms with Gasteiger partial charge in [-0.05, 0) is 112 Å². The Hall–Kier alpha value is -3.31. The van der Waals surface area contributed by atoms with Crippen LogP contribution in [0.3, 0.4) is 0 Å². The average molecular weight is 470 g/mol. The van der Waals surface area contributed by atoms with Gasteiger partial charge in [0.1, 0.15) is 5.82 Å². The van der Waals surface area contributed by atoms with Crippen molar-refractivity contribution in [2.24, 2.45) is 10.1 Å². The molecular formula is C29H28FN3S. The van der Waals surface area contributed by atoms with Gasteiger partial charge in [-0.1, -0.05) is 17.7 Å². The van der Waals surface area contributed by atoms with Gasteiger partial charge in [0.2, 0.25) is 4.80 Å². The lowest BCUT2D eigenvalue weighted by molar-refractivity contribution is 0.628. The van der Waals surface area contributed by atoms with Crippen molar-refractivity contribution in [2.75, 3.05) is 0 Å². The largest absolute Gasteiger partial charge is 0.220 e.